The van der Waals surface area contributed by atoms with Crippen LogP contribution in [-0.2, 0) is 0 Å². The van der Waals surface area contributed by atoms with Gasteiger partial charge < -0.3 is 0 Å². The lowest BCUT2D eigenvalue weighted by Gasteiger charge is -2.04. The van der Waals surface area contributed by atoms with E-state index in [1.807, 2.05) is 0 Å². The fraction of sp³-hybridized carbons (Fsp3) is 0.222. The van der Waals surface area contributed by atoms with Gasteiger partial charge >= 0.3 is 0 Å². The minimum atomic E-state index is -0.369. The standard InChI is InChI=1S/C9H7Br2FO/c1-5-6(8(13)4-10)2-3-7(11)9(5)12/h2-3H,4H2,1H3. The van der Waals surface area contributed by atoms with Crippen LogP contribution in [0.3, 0.4) is 0 Å². The van der Waals surface area contributed by atoms with E-state index in [-0.39, 0.29) is 16.9 Å². The van der Waals surface area contributed by atoms with Crippen LogP contribution < -0.4 is 0 Å². The Morgan fingerprint density at radius 2 is 2.15 bits per heavy atom. The molecule has 70 valence electrons. The van der Waals surface area contributed by atoms with E-state index in [0.717, 1.165) is 0 Å². The summed E-state index contributed by atoms with van der Waals surface area (Å²) in [4.78, 5) is 11.3. The highest BCUT2D eigenvalue weighted by Gasteiger charge is 2.12. The molecule has 0 aliphatic rings. The van der Waals surface area contributed by atoms with E-state index < -0.39 is 0 Å². The van der Waals surface area contributed by atoms with Crippen LogP contribution in [0.15, 0.2) is 16.6 Å². The molecule has 1 nitrogen and oxygen atoms in total. The highest BCUT2D eigenvalue weighted by Crippen LogP contribution is 2.22. The fourth-order valence-corrected chi connectivity index (χ4v) is 1.76. The van der Waals surface area contributed by atoms with Crippen molar-refractivity contribution in [1.29, 1.82) is 0 Å². The van der Waals surface area contributed by atoms with E-state index >= 15 is 0 Å². The number of benzene rings is 1. The van der Waals surface area contributed by atoms with Gasteiger partial charge in [0.2, 0.25) is 0 Å². The molecule has 0 aliphatic carbocycles. The van der Waals surface area contributed by atoms with Crippen LogP contribution in [0.1, 0.15) is 15.9 Å². The van der Waals surface area contributed by atoms with Crippen molar-refractivity contribution >= 4 is 37.6 Å². The number of carbonyl (C=O) groups excluding carboxylic acids is 1. The van der Waals surface area contributed by atoms with Crippen molar-refractivity contribution in [2.24, 2.45) is 0 Å². The summed E-state index contributed by atoms with van der Waals surface area (Å²) in [5.41, 5.74) is 0.816. The van der Waals surface area contributed by atoms with Gasteiger partial charge in [0.05, 0.1) is 9.80 Å². The molecular weight excluding hydrogens is 303 g/mol. The van der Waals surface area contributed by atoms with Gasteiger partial charge in [0.15, 0.2) is 5.78 Å². The van der Waals surface area contributed by atoms with Gasteiger partial charge in [-0.1, -0.05) is 15.9 Å². The minimum Gasteiger partial charge on any atom is -0.293 e. The summed E-state index contributed by atoms with van der Waals surface area (Å²) in [6.45, 7) is 1.59. The molecule has 1 aromatic rings. The normalized spacial score (nSPS) is 10.2. The minimum absolute atomic E-state index is 0.107. The third-order valence-corrected chi connectivity index (χ3v) is 2.88. The first kappa shape index (κ1) is 10.9. The lowest BCUT2D eigenvalue weighted by Crippen LogP contribution is -2.04. The molecule has 1 rings (SSSR count). The molecule has 0 saturated carbocycles. The molecule has 0 heterocycles. The third-order valence-electron chi connectivity index (χ3n) is 1.76. The molecule has 0 N–H and O–H groups in total. The largest absolute Gasteiger partial charge is 0.293 e. The summed E-state index contributed by atoms with van der Waals surface area (Å²) in [6, 6.07) is 3.16. The van der Waals surface area contributed by atoms with Crippen molar-refractivity contribution < 1.29 is 9.18 Å². The van der Waals surface area contributed by atoms with Crippen LogP contribution in [0.25, 0.3) is 0 Å². The maximum absolute atomic E-state index is 13.3. The molecule has 0 radical (unpaired) electrons. The van der Waals surface area contributed by atoms with Crippen molar-refractivity contribution in [3.05, 3.63) is 33.5 Å². The van der Waals surface area contributed by atoms with Crippen LogP contribution in [0.5, 0.6) is 0 Å². The van der Waals surface area contributed by atoms with Crippen molar-refractivity contribution in [3.63, 3.8) is 0 Å². The number of halogens is 3. The predicted octanol–water partition coefficient (Wildman–Crippen LogP) is 3.47. The van der Waals surface area contributed by atoms with Gasteiger partial charge in [-0.05, 0) is 40.5 Å². The second-order valence-electron chi connectivity index (χ2n) is 2.59. The van der Waals surface area contributed by atoms with Gasteiger partial charge in [0.25, 0.3) is 0 Å². The summed E-state index contributed by atoms with van der Waals surface area (Å²) in [5, 5.41) is 0.217. The van der Waals surface area contributed by atoms with Crippen molar-refractivity contribution in [2.75, 3.05) is 5.33 Å². The lowest BCUT2D eigenvalue weighted by molar-refractivity contribution is 0.102. The molecule has 0 saturated heterocycles. The molecule has 0 fully saturated rings. The third kappa shape index (κ3) is 2.17. The molecule has 13 heavy (non-hydrogen) atoms. The Morgan fingerprint density at radius 3 is 2.69 bits per heavy atom. The van der Waals surface area contributed by atoms with E-state index in [2.05, 4.69) is 31.9 Å². The molecule has 0 spiro atoms. The average molecular weight is 310 g/mol. The van der Waals surface area contributed by atoms with Gasteiger partial charge in [0.1, 0.15) is 5.82 Å². The second-order valence-corrected chi connectivity index (χ2v) is 4.01. The number of carbonyl (C=O) groups is 1. The SMILES string of the molecule is Cc1c(C(=O)CBr)ccc(Br)c1F. The Balaban J connectivity index is 3.26. The van der Waals surface area contributed by atoms with Crippen molar-refractivity contribution in [2.45, 2.75) is 6.92 Å². The van der Waals surface area contributed by atoms with E-state index in [4.69, 9.17) is 0 Å². The fourth-order valence-electron chi connectivity index (χ4n) is 1.03. The molecule has 4 heteroatoms. The maximum Gasteiger partial charge on any atom is 0.173 e. The molecule has 0 atom stereocenters. The molecule has 0 aliphatic heterocycles. The number of Topliss-reactive ketones (excluding diaryl/α,β-unsaturated/α-hetero) is 1. The number of ketones is 1. The highest BCUT2D eigenvalue weighted by atomic mass is 79.9. The Hall–Kier alpha value is -0.220. The number of alkyl halides is 1. The van der Waals surface area contributed by atoms with E-state index in [1.54, 1.807) is 13.0 Å². The first-order chi connectivity index (χ1) is 6.07. The number of rotatable bonds is 2. The molecule has 1 aromatic carbocycles. The topological polar surface area (TPSA) is 17.1 Å². The predicted molar refractivity (Wildman–Crippen MR) is 57.0 cm³/mol. The summed E-state index contributed by atoms with van der Waals surface area (Å²) >= 11 is 6.10. The first-order valence-corrected chi connectivity index (χ1v) is 5.53. The van der Waals surface area contributed by atoms with Crippen molar-refractivity contribution in [3.8, 4) is 0 Å². The van der Waals surface area contributed by atoms with Crippen LogP contribution in [-0.4, -0.2) is 11.1 Å². The Morgan fingerprint density at radius 1 is 1.54 bits per heavy atom. The smallest absolute Gasteiger partial charge is 0.173 e. The average Bonchev–Trinajstić information content (AvgIpc) is 2.13. The summed E-state index contributed by atoms with van der Waals surface area (Å²) in [7, 11) is 0. The summed E-state index contributed by atoms with van der Waals surface area (Å²) in [6.07, 6.45) is 0. The summed E-state index contributed by atoms with van der Waals surface area (Å²) < 4.78 is 13.7. The zero-order chi connectivity index (χ0) is 10.0. The first-order valence-electron chi connectivity index (χ1n) is 3.61. The molecule has 0 unspecified atom stereocenters. The molecule has 0 bridgehead atoms. The van der Waals surface area contributed by atoms with Gasteiger partial charge in [-0.3, -0.25) is 4.79 Å². The van der Waals surface area contributed by atoms with Crippen LogP contribution >= 0.6 is 31.9 Å². The molecular formula is C9H7Br2FO. The van der Waals surface area contributed by atoms with Gasteiger partial charge in [0, 0.05) is 5.56 Å². The van der Waals surface area contributed by atoms with E-state index in [9.17, 15) is 9.18 Å². The maximum atomic E-state index is 13.3. The van der Waals surface area contributed by atoms with Gasteiger partial charge in [-0.2, -0.15) is 0 Å². The highest BCUT2D eigenvalue weighted by molar-refractivity contribution is 9.10. The Labute approximate surface area is 92.6 Å². The molecule has 0 aromatic heterocycles. The zero-order valence-corrected chi connectivity index (χ0v) is 10.1. The Kier molecular flexibility index (Phi) is 3.62. The summed E-state index contributed by atoms with van der Waals surface area (Å²) in [5.74, 6) is -0.476. The number of hydrogen-bond acceptors (Lipinski definition) is 1. The number of hydrogen-bond donors (Lipinski definition) is 0. The van der Waals surface area contributed by atoms with Gasteiger partial charge in [-0.15, -0.1) is 0 Å². The van der Waals surface area contributed by atoms with E-state index in [1.165, 1.54) is 6.07 Å². The second kappa shape index (κ2) is 4.33. The molecule has 0 amide bonds. The van der Waals surface area contributed by atoms with Crippen LogP contribution in [0.4, 0.5) is 4.39 Å². The monoisotopic (exact) mass is 308 g/mol. The van der Waals surface area contributed by atoms with E-state index in [0.29, 0.717) is 15.6 Å². The zero-order valence-electron chi connectivity index (χ0n) is 6.90. The quantitative estimate of drug-likeness (QED) is 0.604. The van der Waals surface area contributed by atoms with Gasteiger partial charge in [-0.25, -0.2) is 4.39 Å². The lowest BCUT2D eigenvalue weighted by atomic mass is 10.1. The Bertz CT molecular complexity index is 350. The van der Waals surface area contributed by atoms with Crippen LogP contribution in [0.2, 0.25) is 0 Å². The van der Waals surface area contributed by atoms with Crippen molar-refractivity contribution in [1.82, 2.24) is 0 Å². The van der Waals surface area contributed by atoms with Crippen LogP contribution in [0, 0.1) is 12.7 Å².